The molecule has 0 aromatic heterocycles. The van der Waals surface area contributed by atoms with Gasteiger partial charge < -0.3 is 15.0 Å². The smallest absolute Gasteiger partial charge is 0.410 e. The van der Waals surface area contributed by atoms with E-state index in [9.17, 15) is 9.59 Å². The summed E-state index contributed by atoms with van der Waals surface area (Å²) in [5, 5.41) is 3.01. The highest BCUT2D eigenvalue weighted by atomic mass is 16.6. The van der Waals surface area contributed by atoms with Crippen LogP contribution in [0.25, 0.3) is 0 Å². The molecule has 1 saturated heterocycles. The summed E-state index contributed by atoms with van der Waals surface area (Å²) in [6.45, 7) is 8.87. The fourth-order valence-corrected chi connectivity index (χ4v) is 2.06. The van der Waals surface area contributed by atoms with Crippen LogP contribution in [-0.2, 0) is 9.53 Å². The molecule has 19 heavy (non-hydrogen) atoms. The summed E-state index contributed by atoms with van der Waals surface area (Å²) in [5.41, 5.74) is -0.455. The second-order valence-corrected chi connectivity index (χ2v) is 6.06. The van der Waals surface area contributed by atoms with Crippen molar-refractivity contribution in [2.45, 2.75) is 65.0 Å². The van der Waals surface area contributed by atoms with E-state index in [2.05, 4.69) is 5.32 Å². The van der Waals surface area contributed by atoms with Crippen LogP contribution in [0.2, 0.25) is 0 Å². The zero-order valence-corrected chi connectivity index (χ0v) is 12.5. The van der Waals surface area contributed by atoms with Crippen LogP contribution in [0, 0.1) is 0 Å². The maximum atomic E-state index is 11.9. The third kappa shape index (κ3) is 5.94. The molecule has 2 amide bonds. The van der Waals surface area contributed by atoms with Crippen molar-refractivity contribution in [2.24, 2.45) is 0 Å². The Morgan fingerprint density at radius 1 is 1.26 bits per heavy atom. The van der Waals surface area contributed by atoms with E-state index in [0.29, 0.717) is 19.5 Å². The normalized spacial score (nSPS) is 17.2. The van der Waals surface area contributed by atoms with Crippen molar-refractivity contribution in [1.82, 2.24) is 10.2 Å². The average Bonchev–Trinajstić information content (AvgIpc) is 2.27. The summed E-state index contributed by atoms with van der Waals surface area (Å²) in [5.74, 6) is 0.109. The van der Waals surface area contributed by atoms with Gasteiger partial charge in [0.2, 0.25) is 5.91 Å². The number of carbonyl (C=O) groups is 2. The zero-order chi connectivity index (χ0) is 14.5. The van der Waals surface area contributed by atoms with Crippen molar-refractivity contribution in [3.8, 4) is 0 Å². The van der Waals surface area contributed by atoms with Gasteiger partial charge in [-0.1, -0.05) is 6.92 Å². The number of hydrogen-bond acceptors (Lipinski definition) is 3. The number of hydrogen-bond donors (Lipinski definition) is 1. The predicted octanol–water partition coefficient (Wildman–Crippen LogP) is 2.30. The third-order valence-electron chi connectivity index (χ3n) is 2.99. The van der Waals surface area contributed by atoms with E-state index in [1.165, 1.54) is 0 Å². The lowest BCUT2D eigenvalue weighted by molar-refractivity contribution is -0.122. The molecule has 0 aliphatic carbocycles. The summed E-state index contributed by atoms with van der Waals surface area (Å²) < 4.78 is 5.33. The lowest BCUT2D eigenvalue weighted by atomic mass is 10.1. The van der Waals surface area contributed by atoms with E-state index < -0.39 is 5.60 Å². The number of piperidine rings is 1. The molecular weight excluding hydrogens is 244 g/mol. The van der Waals surface area contributed by atoms with Crippen LogP contribution in [-0.4, -0.2) is 41.6 Å². The summed E-state index contributed by atoms with van der Waals surface area (Å²) >= 11 is 0. The molecule has 0 bridgehead atoms. The van der Waals surface area contributed by atoms with Gasteiger partial charge in [0.25, 0.3) is 0 Å². The molecular formula is C14H26N2O3. The van der Waals surface area contributed by atoms with Gasteiger partial charge in [0.1, 0.15) is 5.60 Å². The first-order chi connectivity index (χ1) is 8.81. The van der Waals surface area contributed by atoms with Crippen molar-refractivity contribution in [2.75, 3.05) is 13.1 Å². The first-order valence-corrected chi connectivity index (χ1v) is 7.09. The van der Waals surface area contributed by atoms with Crippen molar-refractivity contribution in [3.63, 3.8) is 0 Å². The maximum absolute atomic E-state index is 11.9. The molecule has 1 aliphatic rings. The Bertz CT molecular complexity index is 315. The Kier molecular flexibility index (Phi) is 5.63. The predicted molar refractivity (Wildman–Crippen MR) is 73.9 cm³/mol. The van der Waals surface area contributed by atoms with E-state index in [4.69, 9.17) is 4.74 Å². The Morgan fingerprint density at radius 3 is 2.32 bits per heavy atom. The lowest BCUT2D eigenvalue weighted by Crippen LogP contribution is -2.47. The van der Waals surface area contributed by atoms with Crippen molar-refractivity contribution >= 4 is 12.0 Å². The van der Waals surface area contributed by atoms with E-state index in [1.807, 2.05) is 27.7 Å². The summed E-state index contributed by atoms with van der Waals surface area (Å²) in [6.07, 6.45) is 2.78. The molecule has 1 N–H and O–H groups in total. The molecule has 0 aromatic carbocycles. The van der Waals surface area contributed by atoms with Crippen LogP contribution in [0.3, 0.4) is 0 Å². The number of nitrogens with one attached hydrogen (secondary N) is 1. The summed E-state index contributed by atoms with van der Waals surface area (Å²) in [7, 11) is 0. The third-order valence-corrected chi connectivity index (χ3v) is 2.99. The van der Waals surface area contributed by atoms with E-state index >= 15 is 0 Å². The minimum atomic E-state index is -0.455. The van der Waals surface area contributed by atoms with Gasteiger partial charge in [-0.05, 0) is 40.0 Å². The van der Waals surface area contributed by atoms with E-state index in [-0.39, 0.29) is 18.0 Å². The minimum Gasteiger partial charge on any atom is -0.444 e. The Labute approximate surface area is 115 Å². The number of ether oxygens (including phenoxy) is 1. The van der Waals surface area contributed by atoms with Gasteiger partial charge >= 0.3 is 6.09 Å². The minimum absolute atomic E-state index is 0.109. The monoisotopic (exact) mass is 270 g/mol. The molecule has 1 aliphatic heterocycles. The molecule has 0 unspecified atom stereocenters. The van der Waals surface area contributed by atoms with Gasteiger partial charge in [-0.15, -0.1) is 0 Å². The van der Waals surface area contributed by atoms with Crippen molar-refractivity contribution in [1.29, 1.82) is 0 Å². The summed E-state index contributed by atoms with van der Waals surface area (Å²) in [4.78, 5) is 25.1. The first kappa shape index (κ1) is 15.8. The number of rotatable bonds is 3. The zero-order valence-electron chi connectivity index (χ0n) is 12.5. The second-order valence-electron chi connectivity index (χ2n) is 6.06. The fourth-order valence-electron chi connectivity index (χ4n) is 2.06. The lowest BCUT2D eigenvalue weighted by Gasteiger charge is -2.33. The van der Waals surface area contributed by atoms with Crippen LogP contribution < -0.4 is 5.32 Å². The van der Waals surface area contributed by atoms with Crippen LogP contribution in [0.4, 0.5) is 4.79 Å². The molecule has 1 heterocycles. The molecule has 0 atom stereocenters. The number of carbonyl (C=O) groups excluding carboxylic acids is 2. The van der Waals surface area contributed by atoms with Crippen molar-refractivity contribution < 1.29 is 14.3 Å². The fraction of sp³-hybridized carbons (Fsp3) is 0.857. The highest BCUT2D eigenvalue weighted by Crippen LogP contribution is 2.15. The number of likely N-dealkylation sites (tertiary alicyclic amines) is 1. The molecule has 1 rings (SSSR count). The van der Waals surface area contributed by atoms with Crippen LogP contribution in [0.5, 0.6) is 0 Å². The molecule has 5 heteroatoms. The van der Waals surface area contributed by atoms with Gasteiger partial charge in [0.15, 0.2) is 0 Å². The highest BCUT2D eigenvalue weighted by Gasteiger charge is 2.27. The van der Waals surface area contributed by atoms with Gasteiger partial charge in [-0.3, -0.25) is 4.79 Å². The Morgan fingerprint density at radius 2 is 1.84 bits per heavy atom. The van der Waals surface area contributed by atoms with Crippen molar-refractivity contribution in [3.05, 3.63) is 0 Å². The van der Waals surface area contributed by atoms with Gasteiger partial charge in [-0.25, -0.2) is 4.79 Å². The number of nitrogens with zero attached hydrogens (tertiary/aromatic N) is 1. The molecule has 0 spiro atoms. The summed E-state index contributed by atoms with van der Waals surface area (Å²) in [6, 6.07) is 0.192. The quantitative estimate of drug-likeness (QED) is 0.856. The molecule has 1 fully saturated rings. The first-order valence-electron chi connectivity index (χ1n) is 7.09. The molecule has 0 saturated carbocycles. The molecule has 5 nitrogen and oxygen atoms in total. The van der Waals surface area contributed by atoms with Gasteiger partial charge in [0, 0.05) is 25.6 Å². The van der Waals surface area contributed by atoms with Crippen LogP contribution in [0.1, 0.15) is 53.4 Å². The Balaban J connectivity index is 2.32. The molecule has 110 valence electrons. The van der Waals surface area contributed by atoms with Crippen LogP contribution in [0.15, 0.2) is 0 Å². The molecule has 0 radical (unpaired) electrons. The maximum Gasteiger partial charge on any atom is 0.410 e. The van der Waals surface area contributed by atoms with Gasteiger partial charge in [-0.2, -0.15) is 0 Å². The van der Waals surface area contributed by atoms with E-state index in [1.54, 1.807) is 4.90 Å². The van der Waals surface area contributed by atoms with E-state index in [0.717, 1.165) is 19.3 Å². The number of amides is 2. The van der Waals surface area contributed by atoms with Gasteiger partial charge in [0.05, 0.1) is 0 Å². The topological polar surface area (TPSA) is 58.6 Å². The standard InChI is InChI=1S/C14H26N2O3/c1-5-6-12(17)15-11-7-9-16(10-8-11)13(18)19-14(2,3)4/h11H,5-10H2,1-4H3,(H,15,17). The average molecular weight is 270 g/mol. The largest absolute Gasteiger partial charge is 0.444 e. The highest BCUT2D eigenvalue weighted by molar-refractivity contribution is 5.76. The molecule has 0 aromatic rings. The van der Waals surface area contributed by atoms with Crippen LogP contribution >= 0.6 is 0 Å². The second kappa shape index (κ2) is 6.78. The Hall–Kier alpha value is -1.26. The SMILES string of the molecule is CCCC(=O)NC1CCN(C(=O)OC(C)(C)C)CC1.